The number of halogens is 5. The summed E-state index contributed by atoms with van der Waals surface area (Å²) in [5, 5.41) is 2.28. The van der Waals surface area contributed by atoms with Crippen LogP contribution in [0.5, 0.6) is 0 Å². The zero-order valence-electron chi connectivity index (χ0n) is 12.1. The fraction of sp³-hybridized carbons (Fsp3) is 0.0667. The summed E-state index contributed by atoms with van der Waals surface area (Å²) in [7, 11) is 0. The fourth-order valence-corrected chi connectivity index (χ4v) is 2.42. The van der Waals surface area contributed by atoms with Gasteiger partial charge >= 0.3 is 0 Å². The van der Waals surface area contributed by atoms with Gasteiger partial charge in [-0.2, -0.15) is 0 Å². The summed E-state index contributed by atoms with van der Waals surface area (Å²) >= 11 is 4.94. The second-order valence-electron chi connectivity index (χ2n) is 4.94. The van der Waals surface area contributed by atoms with Crippen molar-refractivity contribution < 1.29 is 31.2 Å². The lowest BCUT2D eigenvalue weighted by molar-refractivity contribution is -0.122. The van der Waals surface area contributed by atoms with Gasteiger partial charge in [0.15, 0.2) is 28.4 Å². The van der Waals surface area contributed by atoms with E-state index in [-0.39, 0.29) is 11.7 Å². The number of hydrogen-bond acceptors (Lipinski definition) is 3. The highest BCUT2D eigenvalue weighted by Crippen LogP contribution is 2.26. The van der Waals surface area contributed by atoms with Crippen LogP contribution < -0.4 is 5.32 Å². The van der Waals surface area contributed by atoms with Crippen LogP contribution in [0, 0.1) is 29.1 Å². The van der Waals surface area contributed by atoms with Crippen LogP contribution in [0.2, 0.25) is 0 Å². The van der Waals surface area contributed by atoms with E-state index in [1.54, 1.807) is 12.1 Å². The summed E-state index contributed by atoms with van der Waals surface area (Å²) in [6, 6.07) is 3.15. The van der Waals surface area contributed by atoms with Gasteiger partial charge in [-0.05, 0) is 30.4 Å². The van der Waals surface area contributed by atoms with Crippen LogP contribution in [0.15, 0.2) is 28.5 Å². The van der Waals surface area contributed by atoms with Gasteiger partial charge in [-0.25, -0.2) is 22.0 Å². The lowest BCUT2D eigenvalue weighted by Gasteiger charge is -2.11. The topological polar surface area (TPSA) is 45.5 Å². The Labute approximate surface area is 142 Å². The minimum Gasteiger partial charge on any atom is -0.467 e. The Hall–Kier alpha value is -2.75. The first-order valence-corrected chi connectivity index (χ1v) is 7.10. The molecule has 0 spiro atoms. The predicted molar refractivity (Wildman–Crippen MR) is 79.2 cm³/mol. The summed E-state index contributed by atoms with van der Waals surface area (Å²) in [6.45, 7) is -0.0634. The third-order valence-corrected chi connectivity index (χ3v) is 3.71. The standard InChI is InChI=1S/C15H7F5N2O2S/c16-9-7(10(17)12(19)13(20)11(9)18)4-8-14(23)22(15(25)21-8)5-6-2-1-3-24-6/h1-4H,5H2,(H,21,25)/b8-4+. The number of carbonyl (C=O) groups excluding carboxylic acids is 1. The van der Waals surface area contributed by atoms with Crippen molar-refractivity contribution in [2.45, 2.75) is 6.54 Å². The van der Waals surface area contributed by atoms with Gasteiger partial charge in [-0.15, -0.1) is 0 Å². The summed E-state index contributed by atoms with van der Waals surface area (Å²) in [4.78, 5) is 13.3. The van der Waals surface area contributed by atoms with Crippen molar-refractivity contribution in [2.24, 2.45) is 0 Å². The molecule has 0 aliphatic carbocycles. The number of nitrogens with one attached hydrogen (secondary N) is 1. The number of hydrogen-bond donors (Lipinski definition) is 1. The molecule has 1 aromatic carbocycles. The number of benzene rings is 1. The smallest absolute Gasteiger partial charge is 0.276 e. The van der Waals surface area contributed by atoms with Crippen LogP contribution in [0.4, 0.5) is 22.0 Å². The Morgan fingerprint density at radius 2 is 1.68 bits per heavy atom. The predicted octanol–water partition coefficient (Wildman–Crippen LogP) is 3.23. The Bertz CT molecular complexity index is 882. The lowest BCUT2D eigenvalue weighted by atomic mass is 10.1. The largest absolute Gasteiger partial charge is 0.467 e. The SMILES string of the molecule is O=C1/C(=C\c2c(F)c(F)c(F)c(F)c2F)NC(=S)N1Cc1ccco1. The van der Waals surface area contributed by atoms with Gasteiger partial charge in [-0.1, -0.05) is 0 Å². The third-order valence-electron chi connectivity index (χ3n) is 3.39. The fourth-order valence-electron chi connectivity index (χ4n) is 2.17. The second kappa shape index (κ2) is 6.28. The monoisotopic (exact) mass is 374 g/mol. The molecule has 0 bridgehead atoms. The Balaban J connectivity index is 1.98. The zero-order chi connectivity index (χ0) is 18.3. The Kier molecular flexibility index (Phi) is 4.29. The summed E-state index contributed by atoms with van der Waals surface area (Å²) in [6.07, 6.45) is 1.89. The quantitative estimate of drug-likeness (QED) is 0.295. The molecular formula is C15H7F5N2O2S. The molecule has 1 fully saturated rings. The van der Waals surface area contributed by atoms with E-state index in [9.17, 15) is 26.7 Å². The van der Waals surface area contributed by atoms with E-state index in [2.05, 4.69) is 5.32 Å². The average molecular weight is 374 g/mol. The first kappa shape index (κ1) is 17.1. The van der Waals surface area contributed by atoms with E-state index >= 15 is 0 Å². The molecule has 2 heterocycles. The van der Waals surface area contributed by atoms with Crippen molar-refractivity contribution in [1.29, 1.82) is 0 Å². The van der Waals surface area contributed by atoms with Crippen molar-refractivity contribution in [2.75, 3.05) is 0 Å². The van der Waals surface area contributed by atoms with Gasteiger partial charge in [0.05, 0.1) is 18.4 Å². The molecule has 0 unspecified atom stereocenters. The van der Waals surface area contributed by atoms with Gasteiger partial charge in [0, 0.05) is 0 Å². The number of amides is 1. The summed E-state index contributed by atoms with van der Waals surface area (Å²) in [5.74, 6) is -11.0. The maximum atomic E-state index is 13.7. The van der Waals surface area contributed by atoms with Crippen molar-refractivity contribution in [1.82, 2.24) is 10.2 Å². The molecule has 1 aliphatic heterocycles. The molecule has 0 radical (unpaired) electrons. The third kappa shape index (κ3) is 2.88. The number of thiocarbonyl (C=S) groups is 1. The van der Waals surface area contributed by atoms with Gasteiger partial charge in [0.1, 0.15) is 11.5 Å². The summed E-state index contributed by atoms with van der Waals surface area (Å²) < 4.78 is 72.0. The highest BCUT2D eigenvalue weighted by molar-refractivity contribution is 7.80. The Morgan fingerprint density at radius 1 is 1.08 bits per heavy atom. The molecule has 4 nitrogen and oxygen atoms in total. The second-order valence-corrected chi connectivity index (χ2v) is 5.33. The molecule has 1 N–H and O–H groups in total. The maximum Gasteiger partial charge on any atom is 0.276 e. The van der Waals surface area contributed by atoms with Crippen LogP contribution in [-0.4, -0.2) is 15.9 Å². The first-order chi connectivity index (χ1) is 11.8. The number of carbonyl (C=O) groups is 1. The molecule has 3 rings (SSSR count). The van der Waals surface area contributed by atoms with Crippen molar-refractivity contribution in [3.8, 4) is 0 Å². The Morgan fingerprint density at radius 3 is 2.24 bits per heavy atom. The van der Waals surface area contributed by atoms with E-state index in [0.717, 1.165) is 4.90 Å². The van der Waals surface area contributed by atoms with Crippen LogP contribution in [0.3, 0.4) is 0 Å². The van der Waals surface area contributed by atoms with Crippen molar-refractivity contribution in [3.63, 3.8) is 0 Å². The van der Waals surface area contributed by atoms with E-state index in [1.165, 1.54) is 6.26 Å². The maximum absolute atomic E-state index is 13.7. The van der Waals surface area contributed by atoms with Crippen molar-refractivity contribution in [3.05, 3.63) is 64.5 Å². The van der Waals surface area contributed by atoms with Gasteiger partial charge in [0.2, 0.25) is 5.82 Å². The van der Waals surface area contributed by atoms with Crippen molar-refractivity contribution >= 4 is 29.3 Å². The van der Waals surface area contributed by atoms with Crippen LogP contribution in [-0.2, 0) is 11.3 Å². The molecule has 0 saturated carbocycles. The molecular weight excluding hydrogens is 367 g/mol. The molecule has 0 atom stereocenters. The highest BCUT2D eigenvalue weighted by atomic mass is 32.1. The molecule has 1 saturated heterocycles. The van der Waals surface area contributed by atoms with Gasteiger partial charge < -0.3 is 9.73 Å². The number of rotatable bonds is 3. The molecule has 1 aliphatic rings. The van der Waals surface area contributed by atoms with Crippen LogP contribution in [0.1, 0.15) is 11.3 Å². The number of furan rings is 1. The first-order valence-electron chi connectivity index (χ1n) is 6.69. The van der Waals surface area contributed by atoms with E-state index in [1.807, 2.05) is 0 Å². The van der Waals surface area contributed by atoms with Crippen LogP contribution >= 0.6 is 12.2 Å². The minimum absolute atomic E-state index is 0.0634. The van der Waals surface area contributed by atoms with E-state index < -0.39 is 46.3 Å². The lowest BCUT2D eigenvalue weighted by Crippen LogP contribution is -2.29. The summed E-state index contributed by atoms with van der Waals surface area (Å²) in [5.41, 5.74) is -1.67. The average Bonchev–Trinajstić information content (AvgIpc) is 3.19. The minimum atomic E-state index is -2.28. The molecule has 130 valence electrons. The van der Waals surface area contributed by atoms with E-state index in [4.69, 9.17) is 16.6 Å². The molecule has 2 aromatic rings. The van der Waals surface area contributed by atoms with Gasteiger partial charge in [-0.3, -0.25) is 9.69 Å². The number of nitrogens with zero attached hydrogens (tertiary/aromatic N) is 1. The highest BCUT2D eigenvalue weighted by Gasteiger charge is 2.33. The van der Waals surface area contributed by atoms with Crippen LogP contribution in [0.25, 0.3) is 6.08 Å². The van der Waals surface area contributed by atoms with Gasteiger partial charge in [0.25, 0.3) is 5.91 Å². The zero-order valence-corrected chi connectivity index (χ0v) is 12.9. The molecule has 10 heteroatoms. The molecule has 1 aromatic heterocycles. The van der Waals surface area contributed by atoms with E-state index in [0.29, 0.717) is 11.8 Å². The molecule has 1 amide bonds. The molecule has 25 heavy (non-hydrogen) atoms. The normalized spacial score (nSPS) is 16.0.